The second-order valence-corrected chi connectivity index (χ2v) is 6.35. The molecule has 0 aliphatic rings. The highest BCUT2D eigenvalue weighted by molar-refractivity contribution is 5.96. The van der Waals surface area contributed by atoms with E-state index in [-0.39, 0.29) is 24.3 Å². The lowest BCUT2D eigenvalue weighted by Gasteiger charge is -2.10. The normalized spacial score (nSPS) is 10.1. The summed E-state index contributed by atoms with van der Waals surface area (Å²) in [5.74, 6) is -0.492. The summed E-state index contributed by atoms with van der Waals surface area (Å²) in [7, 11) is 0. The third-order valence-corrected chi connectivity index (χ3v) is 3.88. The van der Waals surface area contributed by atoms with Gasteiger partial charge in [-0.3, -0.25) is 14.4 Å². The number of rotatable bonds is 9. The number of benzene rings is 2. The molecular weight excluding hydrogens is 356 g/mol. The van der Waals surface area contributed by atoms with E-state index in [2.05, 4.69) is 28.2 Å². The zero-order chi connectivity index (χ0) is 20.4. The molecule has 0 heterocycles. The number of carbonyl (C=O) groups is 3. The van der Waals surface area contributed by atoms with Gasteiger partial charge in [-0.05, 0) is 48.9 Å². The maximum Gasteiger partial charge on any atom is 0.251 e. The zero-order valence-corrected chi connectivity index (χ0v) is 16.2. The summed E-state index contributed by atoms with van der Waals surface area (Å²) in [4.78, 5) is 35.2. The van der Waals surface area contributed by atoms with Crippen molar-refractivity contribution < 1.29 is 14.4 Å². The van der Waals surface area contributed by atoms with E-state index >= 15 is 0 Å². The highest BCUT2D eigenvalue weighted by Gasteiger charge is 2.07. The van der Waals surface area contributed by atoms with E-state index in [4.69, 9.17) is 0 Å². The van der Waals surface area contributed by atoms with Crippen LogP contribution in [0, 0.1) is 0 Å². The first-order chi connectivity index (χ1) is 13.5. The van der Waals surface area contributed by atoms with Crippen molar-refractivity contribution in [3.05, 3.63) is 54.1 Å². The van der Waals surface area contributed by atoms with Gasteiger partial charge >= 0.3 is 0 Å². The molecule has 3 amide bonds. The van der Waals surface area contributed by atoms with Crippen LogP contribution < -0.4 is 21.3 Å². The monoisotopic (exact) mass is 382 g/mol. The van der Waals surface area contributed by atoms with Crippen molar-refractivity contribution >= 4 is 34.8 Å². The van der Waals surface area contributed by atoms with E-state index in [9.17, 15) is 14.4 Å². The smallest absolute Gasteiger partial charge is 0.251 e. The molecule has 4 N–H and O–H groups in total. The topological polar surface area (TPSA) is 99.3 Å². The van der Waals surface area contributed by atoms with Crippen LogP contribution in [-0.4, -0.2) is 30.8 Å². The molecule has 0 unspecified atom stereocenters. The van der Waals surface area contributed by atoms with Crippen molar-refractivity contribution in [2.24, 2.45) is 0 Å². The minimum absolute atomic E-state index is 0.0638. The van der Waals surface area contributed by atoms with E-state index in [1.54, 1.807) is 48.5 Å². The van der Waals surface area contributed by atoms with Crippen LogP contribution in [0.5, 0.6) is 0 Å². The van der Waals surface area contributed by atoms with Crippen molar-refractivity contribution in [1.29, 1.82) is 0 Å². The highest BCUT2D eigenvalue weighted by Crippen LogP contribution is 2.14. The van der Waals surface area contributed by atoms with Crippen LogP contribution in [0.2, 0.25) is 0 Å². The number of anilines is 3. The third kappa shape index (κ3) is 7.11. The van der Waals surface area contributed by atoms with Crippen LogP contribution in [0.4, 0.5) is 17.1 Å². The number of unbranched alkanes of at least 4 members (excludes halogenated alkanes) is 1. The van der Waals surface area contributed by atoms with Gasteiger partial charge in [-0.1, -0.05) is 19.4 Å². The minimum Gasteiger partial charge on any atom is -0.376 e. The number of nitrogens with one attached hydrogen (secondary N) is 4. The number of hydrogen-bond donors (Lipinski definition) is 4. The van der Waals surface area contributed by atoms with Crippen LogP contribution in [0.1, 0.15) is 37.0 Å². The largest absolute Gasteiger partial charge is 0.376 e. The van der Waals surface area contributed by atoms with Crippen molar-refractivity contribution in [2.75, 3.05) is 29.0 Å². The first kappa shape index (κ1) is 21.0. The van der Waals surface area contributed by atoms with E-state index in [0.717, 1.165) is 12.8 Å². The lowest BCUT2D eigenvalue weighted by atomic mass is 10.2. The third-order valence-electron chi connectivity index (χ3n) is 3.88. The summed E-state index contributed by atoms with van der Waals surface area (Å²) >= 11 is 0. The predicted octanol–water partition coefficient (Wildman–Crippen LogP) is 3.23. The Balaban J connectivity index is 1.84. The average Bonchev–Trinajstić information content (AvgIpc) is 2.68. The van der Waals surface area contributed by atoms with Gasteiger partial charge in [-0.25, -0.2) is 0 Å². The van der Waals surface area contributed by atoms with Crippen LogP contribution in [0.25, 0.3) is 0 Å². The SMILES string of the molecule is CCCCNC(=O)c1cccc(NCC(=O)Nc2ccc(NC(C)=O)cc2)c1. The highest BCUT2D eigenvalue weighted by atomic mass is 16.2. The van der Waals surface area contributed by atoms with Crippen LogP contribution in [0.3, 0.4) is 0 Å². The van der Waals surface area contributed by atoms with E-state index in [1.165, 1.54) is 6.92 Å². The lowest BCUT2D eigenvalue weighted by molar-refractivity contribution is -0.115. The van der Waals surface area contributed by atoms with Crippen LogP contribution >= 0.6 is 0 Å². The molecule has 28 heavy (non-hydrogen) atoms. The number of carbonyl (C=O) groups excluding carboxylic acids is 3. The van der Waals surface area contributed by atoms with Gasteiger partial charge < -0.3 is 21.3 Å². The minimum atomic E-state index is -0.218. The Morgan fingerprint density at radius 3 is 2.21 bits per heavy atom. The predicted molar refractivity (Wildman–Crippen MR) is 112 cm³/mol. The Hall–Kier alpha value is -3.35. The Morgan fingerprint density at radius 2 is 1.57 bits per heavy atom. The molecular formula is C21H26N4O3. The molecule has 2 rings (SSSR count). The van der Waals surface area contributed by atoms with E-state index in [0.29, 0.717) is 29.2 Å². The van der Waals surface area contributed by atoms with Crippen molar-refractivity contribution in [3.63, 3.8) is 0 Å². The Bertz CT molecular complexity index is 819. The molecule has 0 aliphatic heterocycles. The van der Waals surface area contributed by atoms with E-state index < -0.39 is 0 Å². The van der Waals surface area contributed by atoms with Gasteiger partial charge in [0.1, 0.15) is 0 Å². The molecule has 0 spiro atoms. The fourth-order valence-corrected chi connectivity index (χ4v) is 2.48. The number of amides is 3. The Kier molecular flexibility index (Phi) is 8.02. The number of hydrogen-bond acceptors (Lipinski definition) is 4. The maximum atomic E-state index is 12.1. The summed E-state index contributed by atoms with van der Waals surface area (Å²) in [6.07, 6.45) is 1.96. The lowest BCUT2D eigenvalue weighted by Crippen LogP contribution is -2.25. The zero-order valence-electron chi connectivity index (χ0n) is 16.2. The molecule has 148 valence electrons. The summed E-state index contributed by atoms with van der Waals surface area (Å²) in [6, 6.07) is 13.9. The molecule has 0 aliphatic carbocycles. The van der Waals surface area contributed by atoms with Gasteiger partial charge in [0.15, 0.2) is 0 Å². The standard InChI is InChI=1S/C21H26N4O3/c1-3-4-12-22-21(28)16-6-5-7-19(13-16)23-14-20(27)25-18-10-8-17(9-11-18)24-15(2)26/h5-11,13,23H,3-4,12,14H2,1-2H3,(H,22,28)(H,24,26)(H,25,27). The van der Waals surface area contributed by atoms with Gasteiger partial charge in [0.25, 0.3) is 5.91 Å². The molecule has 0 atom stereocenters. The molecule has 0 saturated heterocycles. The first-order valence-electron chi connectivity index (χ1n) is 9.27. The van der Waals surface area contributed by atoms with Gasteiger partial charge in [0.2, 0.25) is 11.8 Å². The summed E-state index contributed by atoms with van der Waals surface area (Å²) in [5.41, 5.74) is 2.54. The first-order valence-corrected chi connectivity index (χ1v) is 9.27. The summed E-state index contributed by atoms with van der Waals surface area (Å²) in [6.45, 7) is 4.22. The average molecular weight is 382 g/mol. The molecule has 0 saturated carbocycles. The molecule has 0 fully saturated rings. The van der Waals surface area contributed by atoms with Crippen molar-refractivity contribution in [2.45, 2.75) is 26.7 Å². The fourth-order valence-electron chi connectivity index (χ4n) is 2.48. The van der Waals surface area contributed by atoms with Crippen LogP contribution in [0.15, 0.2) is 48.5 Å². The van der Waals surface area contributed by atoms with Crippen molar-refractivity contribution in [1.82, 2.24) is 5.32 Å². The maximum absolute atomic E-state index is 12.1. The molecule has 7 heteroatoms. The molecule has 7 nitrogen and oxygen atoms in total. The fraction of sp³-hybridized carbons (Fsp3) is 0.286. The Labute approximate surface area is 164 Å². The molecule has 0 aromatic heterocycles. The van der Waals surface area contributed by atoms with Gasteiger partial charge in [0, 0.05) is 36.1 Å². The summed E-state index contributed by atoms with van der Waals surface area (Å²) in [5, 5.41) is 11.3. The van der Waals surface area contributed by atoms with E-state index in [1.807, 2.05) is 0 Å². The van der Waals surface area contributed by atoms with Crippen LogP contribution in [-0.2, 0) is 9.59 Å². The quantitative estimate of drug-likeness (QED) is 0.500. The second kappa shape index (κ2) is 10.7. The molecule has 2 aromatic rings. The van der Waals surface area contributed by atoms with Gasteiger partial charge in [0.05, 0.1) is 6.54 Å². The molecule has 0 radical (unpaired) electrons. The Morgan fingerprint density at radius 1 is 0.893 bits per heavy atom. The molecule has 2 aromatic carbocycles. The van der Waals surface area contributed by atoms with Crippen molar-refractivity contribution in [3.8, 4) is 0 Å². The summed E-state index contributed by atoms with van der Waals surface area (Å²) < 4.78 is 0. The molecule has 0 bridgehead atoms. The van der Waals surface area contributed by atoms with Gasteiger partial charge in [-0.15, -0.1) is 0 Å². The second-order valence-electron chi connectivity index (χ2n) is 6.35. The van der Waals surface area contributed by atoms with Gasteiger partial charge in [-0.2, -0.15) is 0 Å².